The van der Waals surface area contributed by atoms with Crippen molar-refractivity contribution in [1.82, 2.24) is 14.1 Å². The maximum Gasteiger partial charge on any atom is 0.316 e. The summed E-state index contributed by atoms with van der Waals surface area (Å²) in [7, 11) is -3.23. The van der Waals surface area contributed by atoms with E-state index in [-0.39, 0.29) is 17.4 Å². The SMILES string of the molecule is CS(=O)(=O)N1CCN(c2cnn(-c3cccc(Cl)c3)c(=O)c2OC2CCCC2)CC1. The van der Waals surface area contributed by atoms with Crippen LogP contribution in [0.2, 0.25) is 5.02 Å². The first-order valence-corrected chi connectivity index (χ1v) is 12.3. The van der Waals surface area contributed by atoms with Gasteiger partial charge in [0.2, 0.25) is 15.8 Å². The molecule has 0 unspecified atom stereocenters. The third kappa shape index (κ3) is 4.48. The van der Waals surface area contributed by atoms with Gasteiger partial charge in [0, 0.05) is 31.2 Å². The van der Waals surface area contributed by atoms with E-state index in [9.17, 15) is 13.2 Å². The first kappa shape index (κ1) is 21.1. The van der Waals surface area contributed by atoms with E-state index in [0.29, 0.717) is 42.6 Å². The molecule has 0 bridgehead atoms. The number of hydrogen-bond acceptors (Lipinski definition) is 6. The Morgan fingerprint density at radius 2 is 1.83 bits per heavy atom. The normalized spacial score (nSPS) is 18.7. The number of aromatic nitrogens is 2. The van der Waals surface area contributed by atoms with E-state index in [2.05, 4.69) is 5.10 Å². The van der Waals surface area contributed by atoms with Crippen LogP contribution in [0.3, 0.4) is 0 Å². The molecule has 8 nitrogen and oxygen atoms in total. The van der Waals surface area contributed by atoms with Crippen molar-refractivity contribution in [2.45, 2.75) is 31.8 Å². The monoisotopic (exact) mass is 452 g/mol. The van der Waals surface area contributed by atoms with Crippen molar-refractivity contribution in [3.05, 3.63) is 45.8 Å². The third-order valence-corrected chi connectivity index (χ3v) is 7.14. The van der Waals surface area contributed by atoms with Crippen LogP contribution in [0, 0.1) is 0 Å². The zero-order valence-electron chi connectivity index (χ0n) is 16.8. The van der Waals surface area contributed by atoms with Gasteiger partial charge < -0.3 is 9.64 Å². The summed E-state index contributed by atoms with van der Waals surface area (Å²) in [6.07, 6.45) is 6.85. The number of hydrogen-bond donors (Lipinski definition) is 0. The molecular weight excluding hydrogens is 428 g/mol. The minimum Gasteiger partial charge on any atom is -0.483 e. The molecule has 0 radical (unpaired) electrons. The second-order valence-corrected chi connectivity index (χ2v) is 10.1. The lowest BCUT2D eigenvalue weighted by Gasteiger charge is -2.35. The van der Waals surface area contributed by atoms with Crippen molar-refractivity contribution in [2.75, 3.05) is 37.3 Å². The first-order valence-electron chi connectivity index (χ1n) is 10.1. The molecule has 2 fully saturated rings. The molecule has 1 saturated carbocycles. The fourth-order valence-electron chi connectivity index (χ4n) is 3.99. The largest absolute Gasteiger partial charge is 0.483 e. The van der Waals surface area contributed by atoms with Crippen LogP contribution in [-0.2, 0) is 10.0 Å². The maximum atomic E-state index is 13.4. The summed E-state index contributed by atoms with van der Waals surface area (Å²) < 4.78 is 32.6. The number of ether oxygens (including phenoxy) is 1. The van der Waals surface area contributed by atoms with E-state index in [1.165, 1.54) is 15.2 Å². The Morgan fingerprint density at radius 3 is 2.47 bits per heavy atom. The average Bonchev–Trinajstić information content (AvgIpc) is 3.22. The Bertz CT molecular complexity index is 1070. The molecule has 0 amide bonds. The fourth-order valence-corrected chi connectivity index (χ4v) is 5.00. The van der Waals surface area contributed by atoms with Crippen LogP contribution in [0.4, 0.5) is 5.69 Å². The molecule has 1 aromatic carbocycles. The van der Waals surface area contributed by atoms with Gasteiger partial charge in [0.15, 0.2) is 0 Å². The van der Waals surface area contributed by atoms with E-state index in [4.69, 9.17) is 16.3 Å². The second-order valence-electron chi connectivity index (χ2n) is 7.73. The number of rotatable bonds is 5. The predicted molar refractivity (Wildman–Crippen MR) is 116 cm³/mol. The van der Waals surface area contributed by atoms with Gasteiger partial charge in [-0.15, -0.1) is 0 Å². The van der Waals surface area contributed by atoms with Crippen molar-refractivity contribution in [3.8, 4) is 11.4 Å². The van der Waals surface area contributed by atoms with Gasteiger partial charge in [0.05, 0.1) is 24.2 Å². The van der Waals surface area contributed by atoms with Crippen molar-refractivity contribution in [2.24, 2.45) is 0 Å². The lowest BCUT2D eigenvalue weighted by molar-refractivity contribution is 0.205. The van der Waals surface area contributed by atoms with Gasteiger partial charge in [-0.1, -0.05) is 17.7 Å². The van der Waals surface area contributed by atoms with Crippen LogP contribution in [0.25, 0.3) is 5.69 Å². The van der Waals surface area contributed by atoms with Crippen LogP contribution in [0.5, 0.6) is 5.75 Å². The van der Waals surface area contributed by atoms with Crippen molar-refractivity contribution >= 4 is 27.3 Å². The molecule has 1 saturated heterocycles. The molecule has 1 aliphatic heterocycles. The number of benzene rings is 1. The zero-order valence-corrected chi connectivity index (χ0v) is 18.4. The number of piperazine rings is 1. The summed E-state index contributed by atoms with van der Waals surface area (Å²) in [5, 5.41) is 4.87. The standard InChI is InChI=1S/C20H25ClN4O4S/c1-30(27,28)24-11-9-23(10-12-24)18-14-22-25(16-6-4-5-15(21)13-16)20(26)19(18)29-17-7-2-3-8-17/h4-6,13-14,17H,2-3,7-12H2,1H3. The number of nitrogens with zero attached hydrogens (tertiary/aromatic N) is 4. The Balaban J connectivity index is 1.69. The quantitative estimate of drug-likeness (QED) is 0.692. The van der Waals surface area contributed by atoms with Gasteiger partial charge in [0.25, 0.3) is 0 Å². The van der Waals surface area contributed by atoms with Crippen LogP contribution in [0.15, 0.2) is 35.3 Å². The number of sulfonamides is 1. The van der Waals surface area contributed by atoms with Crippen molar-refractivity contribution in [1.29, 1.82) is 0 Å². The van der Waals surface area contributed by atoms with Crippen molar-refractivity contribution < 1.29 is 13.2 Å². The van der Waals surface area contributed by atoms with E-state index in [1.807, 2.05) is 4.90 Å². The summed E-state index contributed by atoms with van der Waals surface area (Å²) in [6.45, 7) is 1.66. The highest BCUT2D eigenvalue weighted by atomic mass is 35.5. The summed E-state index contributed by atoms with van der Waals surface area (Å²) in [6, 6.07) is 6.95. The zero-order chi connectivity index (χ0) is 21.3. The molecule has 2 aliphatic rings. The number of halogens is 1. The highest BCUT2D eigenvalue weighted by Crippen LogP contribution is 2.30. The van der Waals surface area contributed by atoms with Crippen LogP contribution < -0.4 is 15.2 Å². The van der Waals surface area contributed by atoms with Crippen LogP contribution in [-0.4, -0.2) is 61.0 Å². The molecule has 162 valence electrons. The van der Waals surface area contributed by atoms with E-state index >= 15 is 0 Å². The predicted octanol–water partition coefficient (Wildman–Crippen LogP) is 2.29. The summed E-state index contributed by atoms with van der Waals surface area (Å²) in [4.78, 5) is 15.3. The Kier molecular flexibility index (Phi) is 6.04. The van der Waals surface area contributed by atoms with E-state index < -0.39 is 10.0 Å². The summed E-state index contributed by atoms with van der Waals surface area (Å²) in [5.74, 6) is 0.268. The number of anilines is 1. The molecule has 4 rings (SSSR count). The molecule has 1 aromatic heterocycles. The second kappa shape index (κ2) is 8.56. The first-order chi connectivity index (χ1) is 14.3. The van der Waals surface area contributed by atoms with Gasteiger partial charge in [-0.2, -0.15) is 14.1 Å². The molecule has 0 atom stereocenters. The summed E-state index contributed by atoms with van der Waals surface area (Å²) in [5.41, 5.74) is 0.836. The van der Waals surface area contributed by atoms with Crippen LogP contribution >= 0.6 is 11.6 Å². The molecule has 30 heavy (non-hydrogen) atoms. The molecule has 2 heterocycles. The summed E-state index contributed by atoms with van der Waals surface area (Å²) >= 11 is 6.09. The molecular formula is C20H25ClN4O4S. The van der Waals surface area contributed by atoms with Gasteiger partial charge in [-0.05, 0) is 43.9 Å². The van der Waals surface area contributed by atoms with E-state index in [1.54, 1.807) is 30.5 Å². The fraction of sp³-hybridized carbons (Fsp3) is 0.500. The minimum absolute atomic E-state index is 0.00368. The lowest BCUT2D eigenvalue weighted by atomic mass is 10.2. The highest BCUT2D eigenvalue weighted by molar-refractivity contribution is 7.88. The Morgan fingerprint density at radius 1 is 1.13 bits per heavy atom. The smallest absolute Gasteiger partial charge is 0.316 e. The topological polar surface area (TPSA) is 84.7 Å². The van der Waals surface area contributed by atoms with Gasteiger partial charge in [0.1, 0.15) is 5.69 Å². The van der Waals surface area contributed by atoms with E-state index in [0.717, 1.165) is 25.7 Å². The van der Waals surface area contributed by atoms with Crippen LogP contribution in [0.1, 0.15) is 25.7 Å². The van der Waals surface area contributed by atoms with Gasteiger partial charge in [-0.25, -0.2) is 8.42 Å². The highest BCUT2D eigenvalue weighted by Gasteiger charge is 2.28. The minimum atomic E-state index is -3.23. The molecule has 1 aliphatic carbocycles. The van der Waals surface area contributed by atoms with Crippen molar-refractivity contribution in [3.63, 3.8) is 0 Å². The maximum absolute atomic E-state index is 13.4. The molecule has 2 aromatic rings. The third-order valence-electron chi connectivity index (χ3n) is 5.60. The molecule has 0 N–H and O–H groups in total. The average molecular weight is 453 g/mol. The lowest BCUT2D eigenvalue weighted by Crippen LogP contribution is -2.49. The van der Waals surface area contributed by atoms with Gasteiger partial charge in [-0.3, -0.25) is 4.79 Å². The Labute approximate surface area is 181 Å². The van der Waals surface area contributed by atoms with Gasteiger partial charge >= 0.3 is 5.56 Å². The Hall–Kier alpha value is -2.10. The molecule has 10 heteroatoms. The molecule has 0 spiro atoms.